The second-order valence-electron chi connectivity index (χ2n) is 4.40. The average molecular weight is 272 g/mol. The van der Waals surface area contributed by atoms with E-state index in [4.69, 9.17) is 4.52 Å². The third-order valence-corrected chi connectivity index (χ3v) is 3.01. The number of aryl methyl sites for hydroxylation is 3. The van der Waals surface area contributed by atoms with E-state index >= 15 is 0 Å². The fourth-order valence-electron chi connectivity index (χ4n) is 2.13. The maximum atomic E-state index is 11.3. The maximum Gasteiger partial charge on any atom is 0.337 e. The number of carboxylic acids is 1. The third kappa shape index (κ3) is 2.13. The zero-order valence-electron chi connectivity index (χ0n) is 10.8. The number of aromatic nitrogens is 4. The molecule has 1 aromatic carbocycles. The van der Waals surface area contributed by atoms with Crippen LogP contribution in [-0.2, 0) is 13.0 Å². The summed E-state index contributed by atoms with van der Waals surface area (Å²) in [5.74, 6) is 0.145. The molecule has 0 aliphatic heterocycles. The van der Waals surface area contributed by atoms with Crippen molar-refractivity contribution in [3.05, 3.63) is 41.8 Å². The zero-order chi connectivity index (χ0) is 14.1. The molecule has 20 heavy (non-hydrogen) atoms. The second kappa shape index (κ2) is 4.76. The van der Waals surface area contributed by atoms with Crippen LogP contribution in [0.1, 0.15) is 22.1 Å². The van der Waals surface area contributed by atoms with Gasteiger partial charge >= 0.3 is 5.97 Å². The first-order valence-corrected chi connectivity index (χ1v) is 6.11. The van der Waals surface area contributed by atoms with Gasteiger partial charge in [-0.3, -0.25) is 0 Å². The Hall–Kier alpha value is -2.70. The molecule has 0 atom stereocenters. The molecule has 0 spiro atoms. The summed E-state index contributed by atoms with van der Waals surface area (Å²) in [7, 11) is 0. The molecule has 2 heterocycles. The molecule has 1 N–H and O–H groups in total. The van der Waals surface area contributed by atoms with Gasteiger partial charge in [-0.15, -0.1) is 0 Å². The molecule has 0 bridgehead atoms. The highest BCUT2D eigenvalue weighted by Gasteiger charge is 2.13. The van der Waals surface area contributed by atoms with Gasteiger partial charge in [-0.1, -0.05) is 11.2 Å². The van der Waals surface area contributed by atoms with Gasteiger partial charge in [0.1, 0.15) is 0 Å². The molecule has 3 rings (SSSR count). The van der Waals surface area contributed by atoms with Gasteiger partial charge in [-0.25, -0.2) is 9.78 Å². The van der Waals surface area contributed by atoms with Gasteiger partial charge in [0, 0.05) is 19.9 Å². The van der Waals surface area contributed by atoms with E-state index in [0.29, 0.717) is 35.7 Å². The molecule has 0 fully saturated rings. The van der Waals surface area contributed by atoms with Crippen LogP contribution in [0.4, 0.5) is 0 Å². The molecule has 0 saturated heterocycles. The van der Waals surface area contributed by atoms with Gasteiger partial charge in [-0.2, -0.15) is 4.98 Å². The lowest BCUT2D eigenvalue weighted by Crippen LogP contribution is -2.05. The number of rotatable bonds is 4. The van der Waals surface area contributed by atoms with Crippen LogP contribution in [0, 0.1) is 6.92 Å². The van der Waals surface area contributed by atoms with Gasteiger partial charge < -0.3 is 14.2 Å². The standard InChI is InChI=1S/C13H12N4O3/c1-8-15-11(16-20-8)5-6-17-7-14-10-4-2-3-9(12(10)17)13(18)19/h2-4,7H,5-6H2,1H3,(H,18,19). The Morgan fingerprint density at radius 2 is 2.30 bits per heavy atom. The van der Waals surface area contributed by atoms with E-state index in [0.717, 1.165) is 0 Å². The van der Waals surface area contributed by atoms with Gasteiger partial charge in [0.25, 0.3) is 0 Å². The number of aromatic carboxylic acids is 1. The second-order valence-corrected chi connectivity index (χ2v) is 4.40. The maximum absolute atomic E-state index is 11.3. The summed E-state index contributed by atoms with van der Waals surface area (Å²) in [5, 5.41) is 13.1. The molecule has 0 aliphatic rings. The summed E-state index contributed by atoms with van der Waals surface area (Å²) in [6.07, 6.45) is 2.18. The Morgan fingerprint density at radius 3 is 3.00 bits per heavy atom. The predicted molar refractivity (Wildman–Crippen MR) is 69.4 cm³/mol. The van der Waals surface area contributed by atoms with Crippen LogP contribution in [0.2, 0.25) is 0 Å². The smallest absolute Gasteiger partial charge is 0.337 e. The lowest BCUT2D eigenvalue weighted by atomic mass is 10.2. The molecule has 0 amide bonds. The highest BCUT2D eigenvalue weighted by molar-refractivity contribution is 6.01. The van der Waals surface area contributed by atoms with Crippen molar-refractivity contribution in [1.29, 1.82) is 0 Å². The number of fused-ring (bicyclic) bond motifs is 1. The quantitative estimate of drug-likeness (QED) is 0.776. The van der Waals surface area contributed by atoms with E-state index in [9.17, 15) is 9.90 Å². The summed E-state index contributed by atoms with van der Waals surface area (Å²) in [5.41, 5.74) is 1.51. The number of nitrogens with zero attached hydrogens (tertiary/aromatic N) is 4. The minimum Gasteiger partial charge on any atom is -0.478 e. The van der Waals surface area contributed by atoms with Crippen LogP contribution in [-0.4, -0.2) is 30.8 Å². The molecule has 102 valence electrons. The van der Waals surface area contributed by atoms with Crippen molar-refractivity contribution in [2.75, 3.05) is 0 Å². The topological polar surface area (TPSA) is 94.0 Å². The molecule has 0 unspecified atom stereocenters. The van der Waals surface area contributed by atoms with Crippen LogP contribution < -0.4 is 0 Å². The van der Waals surface area contributed by atoms with E-state index in [2.05, 4.69) is 15.1 Å². The summed E-state index contributed by atoms with van der Waals surface area (Å²) in [6.45, 7) is 2.27. The zero-order valence-corrected chi connectivity index (χ0v) is 10.8. The Kier molecular flexibility index (Phi) is 2.94. The number of carbonyl (C=O) groups is 1. The van der Waals surface area contributed by atoms with Crippen LogP contribution >= 0.6 is 0 Å². The molecular formula is C13H12N4O3. The Bertz CT molecular complexity index is 775. The number of carboxylic acid groups (broad SMARTS) is 1. The Labute approximate surface area is 113 Å². The van der Waals surface area contributed by atoms with E-state index in [1.807, 2.05) is 0 Å². The number of hydrogen-bond acceptors (Lipinski definition) is 5. The first kappa shape index (κ1) is 12.3. The fourth-order valence-corrected chi connectivity index (χ4v) is 2.13. The normalized spacial score (nSPS) is 11.1. The molecule has 7 heteroatoms. The number of para-hydroxylation sites is 1. The van der Waals surface area contributed by atoms with Crippen LogP contribution in [0.5, 0.6) is 0 Å². The van der Waals surface area contributed by atoms with E-state index in [-0.39, 0.29) is 5.56 Å². The lowest BCUT2D eigenvalue weighted by molar-refractivity contribution is 0.0698. The number of hydrogen-bond donors (Lipinski definition) is 1. The van der Waals surface area contributed by atoms with Crippen LogP contribution in [0.3, 0.4) is 0 Å². The minimum absolute atomic E-state index is 0.240. The SMILES string of the molecule is Cc1nc(CCn2cnc3cccc(C(=O)O)c32)no1. The fraction of sp³-hybridized carbons (Fsp3) is 0.231. The van der Waals surface area contributed by atoms with Crippen molar-refractivity contribution < 1.29 is 14.4 Å². The predicted octanol–water partition coefficient (Wildman–Crippen LogP) is 1.67. The van der Waals surface area contributed by atoms with Crippen molar-refractivity contribution in [3.63, 3.8) is 0 Å². The van der Waals surface area contributed by atoms with Gasteiger partial charge in [0.05, 0.1) is 22.9 Å². The molecule has 2 aromatic heterocycles. The summed E-state index contributed by atoms with van der Waals surface area (Å²) >= 11 is 0. The van der Waals surface area contributed by atoms with Crippen molar-refractivity contribution >= 4 is 17.0 Å². The molecule has 3 aromatic rings. The van der Waals surface area contributed by atoms with Crippen molar-refractivity contribution in [1.82, 2.24) is 19.7 Å². The lowest BCUT2D eigenvalue weighted by Gasteiger charge is -2.04. The van der Waals surface area contributed by atoms with Crippen molar-refractivity contribution in [2.24, 2.45) is 0 Å². The summed E-state index contributed by atoms with van der Waals surface area (Å²) in [6, 6.07) is 5.05. The first-order valence-electron chi connectivity index (χ1n) is 6.11. The third-order valence-electron chi connectivity index (χ3n) is 3.01. The van der Waals surface area contributed by atoms with Crippen molar-refractivity contribution in [3.8, 4) is 0 Å². The van der Waals surface area contributed by atoms with E-state index < -0.39 is 5.97 Å². The molecule has 0 radical (unpaired) electrons. The Morgan fingerprint density at radius 1 is 1.45 bits per heavy atom. The first-order chi connectivity index (χ1) is 9.65. The summed E-state index contributed by atoms with van der Waals surface area (Å²) in [4.78, 5) is 19.6. The molecule has 7 nitrogen and oxygen atoms in total. The molecule has 0 saturated carbocycles. The summed E-state index contributed by atoms with van der Waals surface area (Å²) < 4.78 is 6.70. The van der Waals surface area contributed by atoms with Crippen LogP contribution in [0.15, 0.2) is 29.0 Å². The van der Waals surface area contributed by atoms with Crippen molar-refractivity contribution in [2.45, 2.75) is 19.9 Å². The highest BCUT2D eigenvalue weighted by atomic mass is 16.5. The van der Waals surface area contributed by atoms with Gasteiger partial charge in [0.2, 0.25) is 5.89 Å². The average Bonchev–Trinajstić information content (AvgIpc) is 3.02. The number of imidazole rings is 1. The van der Waals surface area contributed by atoms with Gasteiger partial charge in [0.15, 0.2) is 5.82 Å². The number of benzene rings is 1. The monoisotopic (exact) mass is 272 g/mol. The van der Waals surface area contributed by atoms with E-state index in [1.54, 1.807) is 36.0 Å². The Balaban J connectivity index is 1.93. The largest absolute Gasteiger partial charge is 0.478 e. The molecular weight excluding hydrogens is 260 g/mol. The van der Waals surface area contributed by atoms with E-state index in [1.165, 1.54) is 0 Å². The highest BCUT2D eigenvalue weighted by Crippen LogP contribution is 2.18. The van der Waals surface area contributed by atoms with Gasteiger partial charge in [-0.05, 0) is 12.1 Å². The van der Waals surface area contributed by atoms with Crippen LogP contribution in [0.25, 0.3) is 11.0 Å². The minimum atomic E-state index is -0.965. The molecule has 0 aliphatic carbocycles.